The van der Waals surface area contributed by atoms with Crippen molar-refractivity contribution in [3.8, 4) is 5.75 Å². The van der Waals surface area contributed by atoms with E-state index in [1.165, 1.54) is 5.56 Å². The van der Waals surface area contributed by atoms with E-state index in [9.17, 15) is 4.79 Å². The second-order valence-corrected chi connectivity index (χ2v) is 4.96. The van der Waals surface area contributed by atoms with Crippen molar-refractivity contribution in [3.05, 3.63) is 66.2 Å². The van der Waals surface area contributed by atoms with Gasteiger partial charge in [0.1, 0.15) is 12.4 Å². The molecule has 3 nitrogen and oxygen atoms in total. The fourth-order valence-corrected chi connectivity index (χ4v) is 2.03. The molecule has 21 heavy (non-hydrogen) atoms. The van der Waals surface area contributed by atoms with Crippen LogP contribution in [0.4, 0.5) is 0 Å². The minimum absolute atomic E-state index is 0.149. The highest BCUT2D eigenvalue weighted by molar-refractivity contribution is 5.76. The maximum Gasteiger partial charge on any atom is 0.222 e. The van der Waals surface area contributed by atoms with Crippen molar-refractivity contribution in [1.29, 1.82) is 0 Å². The SMILES string of the molecule is CN(CCOc1ccccc1)C(=O)CCc1ccccc1. The van der Waals surface area contributed by atoms with Gasteiger partial charge >= 0.3 is 0 Å². The largest absolute Gasteiger partial charge is 0.492 e. The summed E-state index contributed by atoms with van der Waals surface area (Å²) >= 11 is 0. The van der Waals surface area contributed by atoms with Crippen LogP contribution >= 0.6 is 0 Å². The quantitative estimate of drug-likeness (QED) is 0.781. The van der Waals surface area contributed by atoms with Gasteiger partial charge < -0.3 is 9.64 Å². The first-order valence-electron chi connectivity index (χ1n) is 7.21. The molecule has 0 fully saturated rings. The highest BCUT2D eigenvalue weighted by Crippen LogP contribution is 2.08. The zero-order chi connectivity index (χ0) is 14.9. The number of hydrogen-bond donors (Lipinski definition) is 0. The Morgan fingerprint density at radius 1 is 1.00 bits per heavy atom. The molecule has 0 spiro atoms. The van der Waals surface area contributed by atoms with Gasteiger partial charge in [-0.2, -0.15) is 0 Å². The summed E-state index contributed by atoms with van der Waals surface area (Å²) in [5.74, 6) is 0.984. The predicted octanol–water partition coefficient (Wildman–Crippen LogP) is 3.16. The minimum atomic E-state index is 0.149. The molecule has 0 aliphatic rings. The number of aryl methyl sites for hydroxylation is 1. The van der Waals surface area contributed by atoms with Gasteiger partial charge in [-0.15, -0.1) is 0 Å². The third-order valence-electron chi connectivity index (χ3n) is 3.33. The van der Waals surface area contributed by atoms with E-state index in [4.69, 9.17) is 4.74 Å². The van der Waals surface area contributed by atoms with Crippen molar-refractivity contribution in [3.63, 3.8) is 0 Å². The number of hydrogen-bond acceptors (Lipinski definition) is 2. The molecule has 0 aromatic heterocycles. The molecular weight excluding hydrogens is 262 g/mol. The second-order valence-electron chi connectivity index (χ2n) is 4.96. The molecule has 0 unspecified atom stereocenters. The molecule has 0 heterocycles. The lowest BCUT2D eigenvalue weighted by atomic mass is 10.1. The smallest absolute Gasteiger partial charge is 0.222 e. The van der Waals surface area contributed by atoms with Crippen molar-refractivity contribution in [2.45, 2.75) is 12.8 Å². The summed E-state index contributed by atoms with van der Waals surface area (Å²) in [5.41, 5.74) is 1.19. The van der Waals surface area contributed by atoms with Gasteiger partial charge in [-0.25, -0.2) is 0 Å². The summed E-state index contributed by atoms with van der Waals surface area (Å²) in [6.07, 6.45) is 1.31. The predicted molar refractivity (Wildman–Crippen MR) is 84.3 cm³/mol. The molecule has 2 aromatic rings. The Balaban J connectivity index is 1.68. The van der Waals surface area contributed by atoms with Gasteiger partial charge in [-0.1, -0.05) is 48.5 Å². The number of amides is 1. The van der Waals surface area contributed by atoms with Crippen LogP contribution in [0.3, 0.4) is 0 Å². The Labute approximate surface area is 126 Å². The molecule has 110 valence electrons. The summed E-state index contributed by atoms with van der Waals surface area (Å²) in [7, 11) is 1.82. The number of nitrogens with zero attached hydrogens (tertiary/aromatic N) is 1. The van der Waals surface area contributed by atoms with E-state index in [0.29, 0.717) is 19.6 Å². The normalized spacial score (nSPS) is 10.1. The van der Waals surface area contributed by atoms with E-state index in [-0.39, 0.29) is 5.91 Å². The van der Waals surface area contributed by atoms with Crippen LogP contribution in [0, 0.1) is 0 Å². The summed E-state index contributed by atoms with van der Waals surface area (Å²) in [6.45, 7) is 1.11. The Morgan fingerprint density at radius 2 is 1.62 bits per heavy atom. The molecule has 0 aliphatic heterocycles. The fourth-order valence-electron chi connectivity index (χ4n) is 2.03. The molecule has 0 radical (unpaired) electrons. The van der Waals surface area contributed by atoms with Crippen LogP contribution in [0.25, 0.3) is 0 Å². The zero-order valence-electron chi connectivity index (χ0n) is 12.4. The van der Waals surface area contributed by atoms with Crippen LogP contribution in [-0.2, 0) is 11.2 Å². The Hall–Kier alpha value is -2.29. The van der Waals surface area contributed by atoms with Gasteiger partial charge in [-0.3, -0.25) is 4.79 Å². The minimum Gasteiger partial charge on any atom is -0.492 e. The maximum atomic E-state index is 12.0. The lowest BCUT2D eigenvalue weighted by Crippen LogP contribution is -2.31. The van der Waals surface area contributed by atoms with Crippen molar-refractivity contribution < 1.29 is 9.53 Å². The fraction of sp³-hybridized carbons (Fsp3) is 0.278. The zero-order valence-corrected chi connectivity index (χ0v) is 12.4. The van der Waals surface area contributed by atoms with Crippen molar-refractivity contribution in [2.24, 2.45) is 0 Å². The summed E-state index contributed by atoms with van der Waals surface area (Å²) in [4.78, 5) is 13.8. The van der Waals surface area contributed by atoms with E-state index < -0.39 is 0 Å². The number of likely N-dealkylation sites (N-methyl/N-ethyl adjacent to an activating group) is 1. The Kier molecular flexibility index (Phi) is 5.83. The molecule has 0 atom stereocenters. The lowest BCUT2D eigenvalue weighted by Gasteiger charge is -2.17. The van der Waals surface area contributed by atoms with Gasteiger partial charge in [0.05, 0.1) is 6.54 Å². The van der Waals surface area contributed by atoms with Crippen LogP contribution in [-0.4, -0.2) is 31.0 Å². The first kappa shape index (κ1) is 15.1. The first-order valence-corrected chi connectivity index (χ1v) is 7.21. The Bertz CT molecular complexity index is 540. The summed E-state index contributed by atoms with van der Waals surface area (Å²) in [6, 6.07) is 19.7. The number of rotatable bonds is 7. The average molecular weight is 283 g/mol. The van der Waals surface area contributed by atoms with Crippen LogP contribution in [0.2, 0.25) is 0 Å². The summed E-state index contributed by atoms with van der Waals surface area (Å²) < 4.78 is 5.60. The molecule has 1 amide bonds. The van der Waals surface area contributed by atoms with E-state index in [2.05, 4.69) is 0 Å². The average Bonchev–Trinajstić information content (AvgIpc) is 2.54. The van der Waals surface area contributed by atoms with Crippen molar-refractivity contribution in [2.75, 3.05) is 20.2 Å². The molecule has 0 bridgehead atoms. The van der Waals surface area contributed by atoms with Gasteiger partial charge in [-0.05, 0) is 24.1 Å². The van der Waals surface area contributed by atoms with Gasteiger partial charge in [0, 0.05) is 13.5 Å². The molecule has 3 heteroatoms. The first-order chi connectivity index (χ1) is 10.3. The molecule has 2 aromatic carbocycles. The molecule has 0 saturated heterocycles. The summed E-state index contributed by atoms with van der Waals surface area (Å²) in [5, 5.41) is 0. The number of benzene rings is 2. The van der Waals surface area contributed by atoms with E-state index in [1.54, 1.807) is 4.90 Å². The van der Waals surface area contributed by atoms with Gasteiger partial charge in [0.25, 0.3) is 0 Å². The number of ether oxygens (including phenoxy) is 1. The van der Waals surface area contributed by atoms with E-state index in [0.717, 1.165) is 12.2 Å². The van der Waals surface area contributed by atoms with E-state index in [1.807, 2.05) is 67.7 Å². The molecular formula is C18H21NO2. The van der Waals surface area contributed by atoms with Crippen LogP contribution in [0.1, 0.15) is 12.0 Å². The van der Waals surface area contributed by atoms with E-state index >= 15 is 0 Å². The Morgan fingerprint density at radius 3 is 2.29 bits per heavy atom. The number of carbonyl (C=O) groups excluding carboxylic acids is 1. The van der Waals surface area contributed by atoms with Crippen LogP contribution in [0.15, 0.2) is 60.7 Å². The standard InChI is InChI=1S/C18H21NO2/c1-19(14-15-21-17-10-6-3-7-11-17)18(20)13-12-16-8-4-2-5-9-16/h2-11H,12-15H2,1H3. The second kappa shape index (κ2) is 8.10. The third-order valence-corrected chi connectivity index (χ3v) is 3.33. The lowest BCUT2D eigenvalue weighted by molar-refractivity contribution is -0.130. The van der Waals surface area contributed by atoms with Crippen molar-refractivity contribution in [1.82, 2.24) is 4.90 Å². The van der Waals surface area contributed by atoms with Crippen LogP contribution < -0.4 is 4.74 Å². The van der Waals surface area contributed by atoms with Gasteiger partial charge in [0.15, 0.2) is 0 Å². The maximum absolute atomic E-state index is 12.0. The van der Waals surface area contributed by atoms with Gasteiger partial charge in [0.2, 0.25) is 5.91 Å². The third kappa shape index (κ3) is 5.30. The topological polar surface area (TPSA) is 29.5 Å². The van der Waals surface area contributed by atoms with Crippen molar-refractivity contribution >= 4 is 5.91 Å². The highest BCUT2D eigenvalue weighted by atomic mass is 16.5. The molecule has 0 N–H and O–H groups in total. The highest BCUT2D eigenvalue weighted by Gasteiger charge is 2.08. The van der Waals surface area contributed by atoms with Crippen LogP contribution in [0.5, 0.6) is 5.75 Å². The molecule has 0 aliphatic carbocycles. The molecule has 2 rings (SSSR count). The molecule has 0 saturated carbocycles. The number of para-hydroxylation sites is 1. The monoisotopic (exact) mass is 283 g/mol. The number of carbonyl (C=O) groups is 1.